The number of ether oxygens (including phenoxy) is 1. The molecule has 0 aromatic carbocycles. The van der Waals surface area contributed by atoms with Gasteiger partial charge in [0.05, 0.1) is 6.10 Å². The van der Waals surface area contributed by atoms with Crippen LogP contribution in [0.3, 0.4) is 0 Å². The molecule has 0 aromatic rings. The van der Waals surface area contributed by atoms with Gasteiger partial charge in [0.2, 0.25) is 5.91 Å². The quantitative estimate of drug-likeness (QED) is 0.795. The molecule has 102 valence electrons. The van der Waals surface area contributed by atoms with E-state index >= 15 is 0 Å². The maximum atomic E-state index is 12.9. The monoisotopic (exact) mass is 263 g/mol. The lowest BCUT2D eigenvalue weighted by Crippen LogP contribution is -2.37. The number of nitrogens with one attached hydrogen (secondary N) is 1. The Hall–Kier alpha value is -1.80. The number of rotatable bonds is 3. The Kier molecular flexibility index (Phi) is 4.58. The summed E-state index contributed by atoms with van der Waals surface area (Å²) in [6.45, 7) is 1.54. The molecule has 0 aromatic heterocycles. The highest BCUT2D eigenvalue weighted by atomic mass is 19.1. The van der Waals surface area contributed by atoms with Gasteiger partial charge in [-0.05, 0) is 50.0 Å². The fourth-order valence-electron chi connectivity index (χ4n) is 2.35. The Morgan fingerprint density at radius 3 is 2.79 bits per heavy atom. The van der Waals surface area contributed by atoms with Crippen molar-refractivity contribution in [3.63, 3.8) is 0 Å². The van der Waals surface area contributed by atoms with Crippen LogP contribution in [-0.4, -0.2) is 18.1 Å². The fourth-order valence-corrected chi connectivity index (χ4v) is 2.35. The molecule has 0 saturated heterocycles. The van der Waals surface area contributed by atoms with Crippen molar-refractivity contribution in [3.05, 3.63) is 41.6 Å². The van der Waals surface area contributed by atoms with Crippen molar-refractivity contribution in [1.82, 2.24) is 5.32 Å². The molecular formula is C15H18FNO2. The summed E-state index contributed by atoms with van der Waals surface area (Å²) in [5.41, 5.74) is 2.47. The number of hydrogen-bond acceptors (Lipinski definition) is 2. The van der Waals surface area contributed by atoms with Gasteiger partial charge in [0.1, 0.15) is 5.76 Å². The van der Waals surface area contributed by atoms with Crippen molar-refractivity contribution >= 4 is 5.91 Å². The van der Waals surface area contributed by atoms with Gasteiger partial charge in [0.25, 0.3) is 0 Å². The van der Waals surface area contributed by atoms with Crippen LogP contribution in [0.2, 0.25) is 0 Å². The molecule has 3 nitrogen and oxygen atoms in total. The van der Waals surface area contributed by atoms with Gasteiger partial charge < -0.3 is 10.1 Å². The van der Waals surface area contributed by atoms with E-state index in [0.717, 1.165) is 25.7 Å². The standard InChI is InChI=1S/C15H18FNO2/c1-11(18)17-13-6-9-15(10-7-13)19-14-4-2-3-12(16)5-8-14/h2,4-5,8,13,15H,6-7,9-10H2,1H3,(H,17,18). The maximum absolute atomic E-state index is 12.9. The molecule has 1 amide bonds. The third-order valence-electron chi connectivity index (χ3n) is 3.25. The van der Waals surface area contributed by atoms with Gasteiger partial charge in [0, 0.05) is 13.0 Å². The van der Waals surface area contributed by atoms with Crippen LogP contribution in [-0.2, 0) is 9.53 Å². The van der Waals surface area contributed by atoms with Crippen molar-refractivity contribution in [3.8, 4) is 0 Å². The van der Waals surface area contributed by atoms with Crippen LogP contribution in [0, 0.1) is 0 Å². The second kappa shape index (κ2) is 6.39. The van der Waals surface area contributed by atoms with Gasteiger partial charge in [-0.3, -0.25) is 4.79 Å². The second-order valence-electron chi connectivity index (χ2n) is 4.85. The number of carbonyl (C=O) groups excluding carboxylic acids is 1. The summed E-state index contributed by atoms with van der Waals surface area (Å²) >= 11 is 0. The summed E-state index contributed by atoms with van der Waals surface area (Å²) in [7, 11) is 0. The smallest absolute Gasteiger partial charge is 0.217 e. The van der Waals surface area contributed by atoms with Crippen LogP contribution in [0.15, 0.2) is 41.6 Å². The normalized spacial score (nSPS) is 26.2. The van der Waals surface area contributed by atoms with Crippen molar-refractivity contribution in [2.24, 2.45) is 0 Å². The van der Waals surface area contributed by atoms with Gasteiger partial charge in [-0.15, -0.1) is 0 Å². The summed E-state index contributed by atoms with van der Waals surface area (Å²) in [4.78, 5) is 11.0. The van der Waals surface area contributed by atoms with E-state index in [2.05, 4.69) is 11.0 Å². The first-order valence-electron chi connectivity index (χ1n) is 6.58. The highest BCUT2D eigenvalue weighted by molar-refractivity contribution is 5.73. The molecular weight excluding hydrogens is 245 g/mol. The summed E-state index contributed by atoms with van der Waals surface area (Å²) in [5.74, 6) is 0.276. The van der Waals surface area contributed by atoms with Gasteiger partial charge in [0.15, 0.2) is 5.83 Å². The van der Waals surface area contributed by atoms with E-state index in [1.807, 2.05) is 0 Å². The molecule has 1 saturated carbocycles. The van der Waals surface area contributed by atoms with Crippen molar-refractivity contribution < 1.29 is 13.9 Å². The minimum Gasteiger partial charge on any atom is -0.490 e. The van der Waals surface area contributed by atoms with Gasteiger partial charge in [-0.2, -0.15) is 4.39 Å². The molecule has 19 heavy (non-hydrogen) atoms. The molecule has 2 aliphatic rings. The molecule has 0 radical (unpaired) electrons. The van der Waals surface area contributed by atoms with Crippen molar-refractivity contribution in [1.29, 1.82) is 0 Å². The SMILES string of the molecule is CC(=O)NC1CCC(OC2=CC=C=C(F)C=C2)CC1. The third kappa shape index (κ3) is 4.42. The molecule has 0 unspecified atom stereocenters. The van der Waals surface area contributed by atoms with Crippen molar-refractivity contribution in [2.45, 2.75) is 44.8 Å². The highest BCUT2D eigenvalue weighted by Gasteiger charge is 2.22. The molecule has 0 bridgehead atoms. The Morgan fingerprint density at radius 2 is 2.11 bits per heavy atom. The van der Waals surface area contributed by atoms with E-state index in [0.29, 0.717) is 5.76 Å². The van der Waals surface area contributed by atoms with E-state index in [1.54, 1.807) is 12.2 Å². The first kappa shape index (κ1) is 13.6. The first-order valence-corrected chi connectivity index (χ1v) is 6.58. The van der Waals surface area contributed by atoms with Crippen LogP contribution in [0.1, 0.15) is 32.6 Å². The fraction of sp³-hybridized carbons (Fsp3) is 0.467. The molecule has 0 atom stereocenters. The zero-order valence-electron chi connectivity index (χ0n) is 11.0. The number of halogens is 1. The minimum absolute atomic E-state index is 0.0189. The summed E-state index contributed by atoms with van der Waals surface area (Å²) in [6.07, 6.45) is 9.97. The third-order valence-corrected chi connectivity index (χ3v) is 3.25. The van der Waals surface area contributed by atoms with Gasteiger partial charge in [-0.25, -0.2) is 0 Å². The Bertz CT molecular complexity index is 465. The average Bonchev–Trinajstić information content (AvgIpc) is 2.56. The minimum atomic E-state index is -0.399. The van der Waals surface area contributed by atoms with Crippen molar-refractivity contribution in [2.75, 3.05) is 0 Å². The summed E-state index contributed by atoms with van der Waals surface area (Å²) < 4.78 is 18.8. The molecule has 0 spiro atoms. The van der Waals surface area contributed by atoms with E-state index in [1.165, 1.54) is 19.1 Å². The number of hydrogen-bond donors (Lipinski definition) is 1. The van der Waals surface area contributed by atoms with E-state index in [4.69, 9.17) is 4.74 Å². The lowest BCUT2D eigenvalue weighted by atomic mass is 9.93. The van der Waals surface area contributed by atoms with Gasteiger partial charge >= 0.3 is 0 Å². The van der Waals surface area contributed by atoms with E-state index < -0.39 is 5.83 Å². The van der Waals surface area contributed by atoms with Crippen LogP contribution in [0.25, 0.3) is 0 Å². The maximum Gasteiger partial charge on any atom is 0.217 e. The summed E-state index contributed by atoms with van der Waals surface area (Å²) in [6, 6.07) is 0.259. The van der Waals surface area contributed by atoms with E-state index in [9.17, 15) is 9.18 Å². The molecule has 0 aliphatic heterocycles. The number of carbonyl (C=O) groups is 1. The zero-order chi connectivity index (χ0) is 13.7. The molecule has 2 aliphatic carbocycles. The lowest BCUT2D eigenvalue weighted by molar-refractivity contribution is -0.120. The molecule has 1 fully saturated rings. The average molecular weight is 263 g/mol. The molecule has 4 heteroatoms. The first-order chi connectivity index (χ1) is 9.13. The topological polar surface area (TPSA) is 38.3 Å². The van der Waals surface area contributed by atoms with Crippen LogP contribution in [0.4, 0.5) is 4.39 Å². The molecule has 1 N–H and O–H groups in total. The largest absolute Gasteiger partial charge is 0.490 e. The van der Waals surface area contributed by atoms with E-state index in [-0.39, 0.29) is 18.1 Å². The van der Waals surface area contributed by atoms with Crippen LogP contribution >= 0.6 is 0 Å². The number of amides is 1. The molecule has 0 heterocycles. The Labute approximate surface area is 112 Å². The predicted molar refractivity (Wildman–Crippen MR) is 70.9 cm³/mol. The lowest BCUT2D eigenvalue weighted by Gasteiger charge is -2.29. The van der Waals surface area contributed by atoms with Crippen LogP contribution in [0.5, 0.6) is 0 Å². The zero-order valence-corrected chi connectivity index (χ0v) is 11.0. The predicted octanol–water partition coefficient (Wildman–Crippen LogP) is 2.91. The Morgan fingerprint density at radius 1 is 1.37 bits per heavy atom. The Balaban J connectivity index is 1.80. The summed E-state index contributed by atoms with van der Waals surface area (Å²) in [5, 5.41) is 2.93. The van der Waals surface area contributed by atoms with Crippen LogP contribution < -0.4 is 5.32 Å². The highest BCUT2D eigenvalue weighted by Crippen LogP contribution is 2.24. The molecule has 2 rings (SSSR count). The van der Waals surface area contributed by atoms with Gasteiger partial charge in [-0.1, -0.05) is 5.73 Å². The second-order valence-corrected chi connectivity index (χ2v) is 4.85. The number of allylic oxidation sites excluding steroid dienone is 4.